The summed E-state index contributed by atoms with van der Waals surface area (Å²) >= 11 is 5.74. The van der Waals surface area contributed by atoms with E-state index in [9.17, 15) is 0 Å². The maximum Gasteiger partial charge on any atom is 0.126 e. The van der Waals surface area contributed by atoms with Gasteiger partial charge < -0.3 is 15.8 Å². The molecule has 0 unspecified atom stereocenters. The Bertz CT molecular complexity index is 437. The van der Waals surface area contributed by atoms with Crippen LogP contribution in [0.1, 0.15) is 0 Å². The highest BCUT2D eigenvalue weighted by Crippen LogP contribution is 2.13. The summed E-state index contributed by atoms with van der Waals surface area (Å²) in [5.74, 6) is 1.58. The minimum atomic E-state index is 0.550. The number of nitrogens with zero attached hydrogens (tertiary/aromatic N) is 1. The van der Waals surface area contributed by atoms with Crippen molar-refractivity contribution in [3.8, 4) is 5.75 Å². The maximum atomic E-state index is 5.74. The van der Waals surface area contributed by atoms with Gasteiger partial charge in [0.1, 0.15) is 18.2 Å². The van der Waals surface area contributed by atoms with Gasteiger partial charge >= 0.3 is 0 Å². The van der Waals surface area contributed by atoms with Crippen LogP contribution in [0.3, 0.4) is 0 Å². The molecule has 0 atom stereocenters. The Morgan fingerprint density at radius 1 is 1.17 bits per heavy atom. The molecule has 0 radical (unpaired) electrons. The molecule has 5 heteroatoms. The molecular weight excluding hydrogens is 250 g/mol. The molecule has 0 saturated heterocycles. The number of halogens is 1. The number of hydrogen-bond donors (Lipinski definition) is 2. The van der Waals surface area contributed by atoms with Crippen molar-refractivity contribution in [2.24, 2.45) is 0 Å². The van der Waals surface area contributed by atoms with Crippen LogP contribution in [0.4, 0.5) is 11.5 Å². The van der Waals surface area contributed by atoms with Gasteiger partial charge in [-0.15, -0.1) is 0 Å². The second-order valence-corrected chi connectivity index (χ2v) is 4.14. The first-order valence-electron chi connectivity index (χ1n) is 5.58. The molecule has 1 aromatic heterocycles. The Morgan fingerprint density at radius 2 is 1.94 bits per heavy atom. The van der Waals surface area contributed by atoms with Crippen LogP contribution < -0.4 is 15.8 Å². The number of aromatic nitrogens is 1. The first-order valence-corrected chi connectivity index (χ1v) is 5.95. The predicted octanol–water partition coefficient (Wildman–Crippen LogP) is 2.81. The van der Waals surface area contributed by atoms with E-state index < -0.39 is 0 Å². The topological polar surface area (TPSA) is 60.2 Å². The molecule has 0 fully saturated rings. The lowest BCUT2D eigenvalue weighted by Gasteiger charge is -2.08. The van der Waals surface area contributed by atoms with Gasteiger partial charge in [0.25, 0.3) is 0 Å². The molecule has 0 aliphatic carbocycles. The maximum absolute atomic E-state index is 5.74. The zero-order valence-corrected chi connectivity index (χ0v) is 10.5. The minimum absolute atomic E-state index is 0.550. The Kier molecular flexibility index (Phi) is 4.25. The number of nitrogen functional groups attached to an aromatic ring is 1. The van der Waals surface area contributed by atoms with Gasteiger partial charge in [-0.3, -0.25) is 0 Å². The molecule has 0 bridgehead atoms. The number of hydrogen-bond acceptors (Lipinski definition) is 4. The summed E-state index contributed by atoms with van der Waals surface area (Å²) in [4.78, 5) is 4.12. The molecule has 3 N–H and O–H groups in total. The molecule has 4 nitrogen and oxygen atoms in total. The molecule has 2 rings (SSSR count). The summed E-state index contributed by atoms with van der Waals surface area (Å²) in [7, 11) is 0. The second kappa shape index (κ2) is 6.12. The Hall–Kier alpha value is -1.94. The van der Waals surface area contributed by atoms with E-state index >= 15 is 0 Å². The highest BCUT2D eigenvalue weighted by molar-refractivity contribution is 6.30. The lowest BCUT2D eigenvalue weighted by molar-refractivity contribution is 0.333. The molecule has 0 aliphatic heterocycles. The smallest absolute Gasteiger partial charge is 0.126 e. The zero-order chi connectivity index (χ0) is 12.8. The number of anilines is 2. The normalized spacial score (nSPS) is 10.1. The van der Waals surface area contributed by atoms with E-state index in [1.165, 1.54) is 0 Å². The summed E-state index contributed by atoms with van der Waals surface area (Å²) in [5, 5.41) is 3.76. The average Bonchev–Trinajstić information content (AvgIpc) is 2.39. The van der Waals surface area contributed by atoms with Crippen molar-refractivity contribution >= 4 is 23.1 Å². The zero-order valence-electron chi connectivity index (χ0n) is 9.77. The quantitative estimate of drug-likeness (QED) is 0.643. The summed E-state index contributed by atoms with van der Waals surface area (Å²) in [6.45, 7) is 1.22. The van der Waals surface area contributed by atoms with Gasteiger partial charge in [0, 0.05) is 11.9 Å². The van der Waals surface area contributed by atoms with Crippen molar-refractivity contribution in [1.29, 1.82) is 0 Å². The van der Waals surface area contributed by atoms with E-state index in [-0.39, 0.29) is 0 Å². The van der Waals surface area contributed by atoms with E-state index in [2.05, 4.69) is 10.3 Å². The first kappa shape index (κ1) is 12.5. The van der Waals surface area contributed by atoms with E-state index in [1.54, 1.807) is 12.3 Å². The molecule has 18 heavy (non-hydrogen) atoms. The van der Waals surface area contributed by atoms with Crippen molar-refractivity contribution in [3.05, 3.63) is 47.6 Å². The fraction of sp³-hybridized carbons (Fsp3) is 0.154. The Labute approximate surface area is 111 Å². The van der Waals surface area contributed by atoms with Crippen LogP contribution in [-0.2, 0) is 0 Å². The number of ether oxygens (including phenoxy) is 1. The van der Waals surface area contributed by atoms with Crippen LogP contribution in [0.15, 0.2) is 42.6 Å². The highest BCUT2D eigenvalue weighted by atomic mass is 35.5. The highest BCUT2D eigenvalue weighted by Gasteiger charge is 1.95. The molecule has 0 amide bonds. The lowest BCUT2D eigenvalue weighted by atomic mass is 10.3. The fourth-order valence-electron chi connectivity index (χ4n) is 1.39. The third-order valence-corrected chi connectivity index (χ3v) is 2.51. The van der Waals surface area contributed by atoms with Crippen molar-refractivity contribution < 1.29 is 4.74 Å². The number of nitrogens with one attached hydrogen (secondary N) is 1. The van der Waals surface area contributed by atoms with Crippen LogP contribution in [0.2, 0.25) is 5.02 Å². The average molecular weight is 264 g/mol. The van der Waals surface area contributed by atoms with Crippen LogP contribution in [0.5, 0.6) is 5.75 Å². The van der Waals surface area contributed by atoms with Gasteiger partial charge in [-0.1, -0.05) is 11.6 Å². The van der Waals surface area contributed by atoms with Gasteiger partial charge in [-0.2, -0.15) is 0 Å². The summed E-state index contributed by atoms with van der Waals surface area (Å²) < 4.78 is 5.53. The van der Waals surface area contributed by atoms with Crippen LogP contribution in [-0.4, -0.2) is 18.1 Å². The van der Waals surface area contributed by atoms with Gasteiger partial charge in [-0.25, -0.2) is 4.98 Å². The van der Waals surface area contributed by atoms with Crippen molar-refractivity contribution in [2.45, 2.75) is 0 Å². The van der Waals surface area contributed by atoms with E-state index in [1.807, 2.05) is 30.3 Å². The molecule has 0 aliphatic rings. The van der Waals surface area contributed by atoms with Crippen molar-refractivity contribution in [1.82, 2.24) is 4.98 Å². The largest absolute Gasteiger partial charge is 0.492 e. The number of rotatable bonds is 5. The van der Waals surface area contributed by atoms with Gasteiger partial charge in [-0.05, 0) is 36.4 Å². The third-order valence-electron chi connectivity index (χ3n) is 2.28. The van der Waals surface area contributed by atoms with E-state index in [0.29, 0.717) is 18.2 Å². The summed E-state index contributed by atoms with van der Waals surface area (Å²) in [5.41, 5.74) is 6.31. The van der Waals surface area contributed by atoms with E-state index in [0.717, 1.165) is 17.3 Å². The van der Waals surface area contributed by atoms with Gasteiger partial charge in [0.15, 0.2) is 0 Å². The Balaban J connectivity index is 1.73. The SMILES string of the molecule is Nc1ccc(OCCNc2ccc(Cl)cn2)cc1. The van der Waals surface area contributed by atoms with Crippen LogP contribution >= 0.6 is 11.6 Å². The number of nitrogens with two attached hydrogens (primary N) is 1. The molecule has 0 saturated carbocycles. The first-order chi connectivity index (χ1) is 8.74. The standard InChI is InChI=1S/C13H14ClN3O/c14-10-1-6-13(17-9-10)16-7-8-18-12-4-2-11(15)3-5-12/h1-6,9H,7-8,15H2,(H,16,17). The molecule has 1 aromatic carbocycles. The monoisotopic (exact) mass is 263 g/mol. The molecule has 1 heterocycles. The molecule has 2 aromatic rings. The molecule has 94 valence electrons. The van der Waals surface area contributed by atoms with Gasteiger partial charge in [0.2, 0.25) is 0 Å². The molecular formula is C13H14ClN3O. The predicted molar refractivity (Wildman–Crippen MR) is 74.1 cm³/mol. The van der Waals surface area contributed by atoms with Crippen molar-refractivity contribution in [3.63, 3.8) is 0 Å². The lowest BCUT2D eigenvalue weighted by Crippen LogP contribution is -2.12. The minimum Gasteiger partial charge on any atom is -0.492 e. The van der Waals surface area contributed by atoms with E-state index in [4.69, 9.17) is 22.1 Å². The van der Waals surface area contributed by atoms with Crippen LogP contribution in [0, 0.1) is 0 Å². The van der Waals surface area contributed by atoms with Gasteiger partial charge in [0.05, 0.1) is 11.6 Å². The third kappa shape index (κ3) is 3.82. The fourth-order valence-corrected chi connectivity index (χ4v) is 1.50. The second-order valence-electron chi connectivity index (χ2n) is 3.71. The van der Waals surface area contributed by atoms with Crippen molar-refractivity contribution in [2.75, 3.05) is 24.2 Å². The number of benzene rings is 1. The molecule has 0 spiro atoms. The summed E-state index contributed by atoms with van der Waals surface area (Å²) in [6.07, 6.45) is 1.60. The summed E-state index contributed by atoms with van der Waals surface area (Å²) in [6, 6.07) is 10.9. The Morgan fingerprint density at radius 3 is 2.61 bits per heavy atom. The van der Waals surface area contributed by atoms with Crippen LogP contribution in [0.25, 0.3) is 0 Å². The number of pyridine rings is 1.